The Labute approximate surface area is 170 Å². The Balaban J connectivity index is 1.29. The van der Waals surface area contributed by atoms with Gasteiger partial charge in [-0.1, -0.05) is 18.2 Å². The molecule has 6 nitrogen and oxygen atoms in total. The van der Waals surface area contributed by atoms with E-state index < -0.39 is 0 Å². The highest BCUT2D eigenvalue weighted by atomic mass is 16.5. The predicted molar refractivity (Wildman–Crippen MR) is 114 cm³/mol. The summed E-state index contributed by atoms with van der Waals surface area (Å²) in [6.07, 6.45) is 11.7. The van der Waals surface area contributed by atoms with Gasteiger partial charge in [-0.3, -0.25) is 9.97 Å². The van der Waals surface area contributed by atoms with E-state index in [0.29, 0.717) is 19.6 Å². The first-order valence-electron chi connectivity index (χ1n) is 10.2. The molecule has 5 rings (SSSR count). The number of anilines is 1. The number of hydrogen-bond donors (Lipinski definition) is 0. The Kier molecular flexibility index (Phi) is 4.53. The third kappa shape index (κ3) is 3.73. The predicted octanol–water partition coefficient (Wildman–Crippen LogP) is 3.70. The summed E-state index contributed by atoms with van der Waals surface area (Å²) in [5.41, 5.74) is 2.89. The van der Waals surface area contributed by atoms with Gasteiger partial charge in [0.1, 0.15) is 12.4 Å². The van der Waals surface area contributed by atoms with Crippen LogP contribution >= 0.6 is 0 Å². The standard InChI is InChI=1S/C23H25N5O/c29-28(17-19-6-11-24-12-7-19)15-3-8-23(18-28)9-13-27(14-10-23)22-16-25-20-4-1-2-5-21(20)26-22/h1-8,11-12,16H,9-10,13-15,17-18H2. The van der Waals surface area contributed by atoms with Crippen molar-refractivity contribution in [2.75, 3.05) is 31.1 Å². The second-order valence-electron chi connectivity index (χ2n) is 8.38. The van der Waals surface area contributed by atoms with Crippen LogP contribution in [0.15, 0.2) is 67.1 Å². The maximum Gasteiger partial charge on any atom is 0.147 e. The molecule has 1 aromatic carbocycles. The third-order valence-corrected chi connectivity index (χ3v) is 6.25. The van der Waals surface area contributed by atoms with Gasteiger partial charge in [0.05, 0.1) is 30.3 Å². The molecule has 1 atom stereocenters. The minimum Gasteiger partial charge on any atom is -0.632 e. The van der Waals surface area contributed by atoms with Crippen molar-refractivity contribution in [2.45, 2.75) is 19.4 Å². The van der Waals surface area contributed by atoms with Crippen molar-refractivity contribution >= 4 is 16.9 Å². The van der Waals surface area contributed by atoms with Crippen molar-refractivity contribution in [3.8, 4) is 0 Å². The van der Waals surface area contributed by atoms with E-state index in [0.717, 1.165) is 48.3 Å². The zero-order valence-corrected chi connectivity index (χ0v) is 16.4. The summed E-state index contributed by atoms with van der Waals surface area (Å²) < 4.78 is -0.184. The van der Waals surface area contributed by atoms with Gasteiger partial charge in [0.2, 0.25) is 0 Å². The number of fused-ring (bicyclic) bond motifs is 1. The molecule has 0 amide bonds. The Bertz CT molecular complexity index is 1030. The second kappa shape index (κ2) is 7.21. The number of piperidine rings is 1. The maximum atomic E-state index is 13.5. The second-order valence-corrected chi connectivity index (χ2v) is 8.38. The lowest BCUT2D eigenvalue weighted by Crippen LogP contribution is -2.54. The van der Waals surface area contributed by atoms with Crippen LogP contribution in [0, 0.1) is 10.6 Å². The van der Waals surface area contributed by atoms with E-state index in [9.17, 15) is 5.21 Å². The first kappa shape index (κ1) is 18.2. The number of rotatable bonds is 3. The lowest BCUT2D eigenvalue weighted by atomic mass is 9.76. The van der Waals surface area contributed by atoms with Crippen LogP contribution in [0.3, 0.4) is 0 Å². The zero-order valence-electron chi connectivity index (χ0n) is 16.4. The minimum absolute atomic E-state index is 0.0200. The summed E-state index contributed by atoms with van der Waals surface area (Å²) in [4.78, 5) is 15.7. The maximum absolute atomic E-state index is 13.5. The van der Waals surface area contributed by atoms with Crippen molar-refractivity contribution in [1.82, 2.24) is 15.0 Å². The van der Waals surface area contributed by atoms with Gasteiger partial charge >= 0.3 is 0 Å². The van der Waals surface area contributed by atoms with E-state index >= 15 is 0 Å². The van der Waals surface area contributed by atoms with Gasteiger partial charge in [-0.15, -0.1) is 0 Å². The molecule has 29 heavy (non-hydrogen) atoms. The highest BCUT2D eigenvalue weighted by Gasteiger charge is 2.40. The van der Waals surface area contributed by atoms with E-state index in [4.69, 9.17) is 4.98 Å². The molecule has 148 valence electrons. The molecule has 3 aromatic rings. The number of benzene rings is 1. The molecule has 0 N–H and O–H groups in total. The molecule has 0 radical (unpaired) electrons. The number of para-hydroxylation sites is 2. The molecule has 1 spiro atoms. The Morgan fingerprint density at radius 1 is 1.03 bits per heavy atom. The molecule has 1 fully saturated rings. The molecule has 0 bridgehead atoms. The SMILES string of the molecule is [O-][N+]1(Cc2ccncc2)CC=CC2(CCN(c3cnc4ccccc4n3)CC2)C1. The van der Waals surface area contributed by atoms with Crippen LogP contribution < -0.4 is 4.90 Å². The average molecular weight is 387 g/mol. The fourth-order valence-electron chi connectivity index (χ4n) is 4.73. The Morgan fingerprint density at radius 3 is 2.59 bits per heavy atom. The van der Waals surface area contributed by atoms with Gasteiger partial charge in [-0.2, -0.15) is 0 Å². The van der Waals surface area contributed by atoms with Crippen LogP contribution in [0.25, 0.3) is 11.0 Å². The van der Waals surface area contributed by atoms with Crippen LogP contribution in [0.2, 0.25) is 0 Å². The van der Waals surface area contributed by atoms with E-state index in [2.05, 4.69) is 27.0 Å². The van der Waals surface area contributed by atoms with Gasteiger partial charge < -0.3 is 14.8 Å². The van der Waals surface area contributed by atoms with Gasteiger partial charge in [0, 0.05) is 36.5 Å². The highest BCUT2D eigenvalue weighted by molar-refractivity contribution is 5.75. The average Bonchev–Trinajstić information content (AvgIpc) is 2.74. The lowest BCUT2D eigenvalue weighted by Gasteiger charge is -2.52. The molecular weight excluding hydrogens is 362 g/mol. The van der Waals surface area contributed by atoms with Crippen molar-refractivity contribution in [1.29, 1.82) is 0 Å². The number of aromatic nitrogens is 3. The van der Waals surface area contributed by atoms with Gasteiger partial charge in [-0.25, -0.2) is 4.98 Å². The van der Waals surface area contributed by atoms with Crippen LogP contribution in [0.5, 0.6) is 0 Å². The zero-order chi connectivity index (χ0) is 19.7. The first-order chi connectivity index (χ1) is 14.1. The molecule has 1 unspecified atom stereocenters. The minimum atomic E-state index is -0.184. The monoisotopic (exact) mass is 387 g/mol. The quantitative estimate of drug-likeness (QED) is 0.390. The molecule has 6 heteroatoms. The summed E-state index contributed by atoms with van der Waals surface area (Å²) >= 11 is 0. The van der Waals surface area contributed by atoms with Crippen LogP contribution in [-0.2, 0) is 6.54 Å². The summed E-state index contributed by atoms with van der Waals surface area (Å²) in [5, 5.41) is 13.5. The molecular formula is C23H25N5O. The van der Waals surface area contributed by atoms with Gasteiger partial charge in [0.15, 0.2) is 0 Å². The van der Waals surface area contributed by atoms with Crippen molar-refractivity contribution < 1.29 is 4.65 Å². The summed E-state index contributed by atoms with van der Waals surface area (Å²) in [6.45, 7) is 3.49. The topological polar surface area (TPSA) is 65.0 Å². The van der Waals surface area contributed by atoms with Crippen molar-refractivity contribution in [2.24, 2.45) is 5.41 Å². The van der Waals surface area contributed by atoms with E-state index in [1.54, 1.807) is 12.4 Å². The Hall–Kier alpha value is -2.83. The van der Waals surface area contributed by atoms with Crippen molar-refractivity contribution in [3.63, 3.8) is 0 Å². The summed E-state index contributed by atoms with van der Waals surface area (Å²) in [5.74, 6) is 0.929. The molecule has 0 aliphatic carbocycles. The van der Waals surface area contributed by atoms with Crippen LogP contribution in [0.4, 0.5) is 5.82 Å². The lowest BCUT2D eigenvalue weighted by molar-refractivity contribution is -0.896. The number of pyridine rings is 1. The number of nitrogens with zero attached hydrogens (tertiary/aromatic N) is 5. The van der Waals surface area contributed by atoms with Crippen LogP contribution in [-0.4, -0.2) is 45.8 Å². The summed E-state index contributed by atoms with van der Waals surface area (Å²) in [7, 11) is 0. The molecule has 1 saturated heterocycles. The Morgan fingerprint density at radius 2 is 1.79 bits per heavy atom. The number of hydroxylamine groups is 3. The normalized spacial score (nSPS) is 23.6. The first-order valence-corrected chi connectivity index (χ1v) is 10.2. The molecule has 4 heterocycles. The molecule has 2 aliphatic heterocycles. The van der Waals surface area contributed by atoms with E-state index in [-0.39, 0.29) is 10.1 Å². The van der Waals surface area contributed by atoms with Crippen molar-refractivity contribution in [3.05, 3.63) is 77.9 Å². The fourth-order valence-corrected chi connectivity index (χ4v) is 4.73. The molecule has 0 saturated carbocycles. The number of hydrogen-bond acceptors (Lipinski definition) is 5. The van der Waals surface area contributed by atoms with Gasteiger partial charge in [0.25, 0.3) is 0 Å². The smallest absolute Gasteiger partial charge is 0.147 e. The number of quaternary nitrogens is 1. The van der Waals surface area contributed by atoms with Crippen LogP contribution in [0.1, 0.15) is 18.4 Å². The van der Waals surface area contributed by atoms with Gasteiger partial charge in [-0.05, 0) is 43.2 Å². The largest absolute Gasteiger partial charge is 0.632 e. The molecule has 2 aromatic heterocycles. The summed E-state index contributed by atoms with van der Waals surface area (Å²) in [6, 6.07) is 11.9. The fraction of sp³-hybridized carbons (Fsp3) is 0.348. The van der Waals surface area contributed by atoms with E-state index in [1.807, 2.05) is 42.6 Å². The van der Waals surface area contributed by atoms with E-state index in [1.165, 1.54) is 0 Å². The third-order valence-electron chi connectivity index (χ3n) is 6.25. The highest BCUT2D eigenvalue weighted by Crippen LogP contribution is 2.40. The molecule has 2 aliphatic rings.